The summed E-state index contributed by atoms with van der Waals surface area (Å²) >= 11 is 0. The van der Waals surface area contributed by atoms with Gasteiger partial charge in [-0.2, -0.15) is 0 Å². The molecule has 0 aliphatic carbocycles. The lowest BCUT2D eigenvalue weighted by Gasteiger charge is -2.46. The molecule has 0 aromatic heterocycles. The Morgan fingerprint density at radius 3 is 1.89 bits per heavy atom. The third-order valence-electron chi connectivity index (χ3n) is 12.2. The molecule has 0 spiro atoms. The predicted molar refractivity (Wildman–Crippen MR) is 234 cm³/mol. The largest absolute Gasteiger partial charge is 0.445 e. The van der Waals surface area contributed by atoms with Crippen LogP contribution in [0.2, 0.25) is 36.3 Å². The molecule has 2 aliphatic rings. The predicted octanol–water partition coefficient (Wildman–Crippen LogP) is 6.69. The molecule has 1 aromatic rings. The van der Waals surface area contributed by atoms with E-state index in [1.165, 1.54) is 28.4 Å². The van der Waals surface area contributed by atoms with E-state index in [9.17, 15) is 9.90 Å². The molecule has 0 saturated carbocycles. The van der Waals surface area contributed by atoms with Gasteiger partial charge < -0.3 is 71.4 Å². The summed E-state index contributed by atoms with van der Waals surface area (Å²) in [5.41, 5.74) is 0.849. The summed E-state index contributed by atoms with van der Waals surface area (Å²) in [5.74, 6) is -1.12. The molecular formula is C43H79NO15Si2. The fourth-order valence-corrected chi connectivity index (χ4v) is 9.08. The number of hydrogen-bond acceptors (Lipinski definition) is 15. The van der Waals surface area contributed by atoms with E-state index in [-0.39, 0.29) is 56.5 Å². The molecule has 0 bridgehead atoms. The fraction of sp³-hybridized carbons (Fsp3) is 0.837. The van der Waals surface area contributed by atoms with Gasteiger partial charge in [-0.05, 0) is 68.5 Å². The highest BCUT2D eigenvalue weighted by molar-refractivity contribution is 6.74. The number of ether oxygens (including phenoxy) is 11. The molecule has 354 valence electrons. The minimum Gasteiger partial charge on any atom is -0.445 e. The van der Waals surface area contributed by atoms with Crippen LogP contribution < -0.4 is 5.32 Å². The van der Waals surface area contributed by atoms with Crippen LogP contribution >= 0.6 is 0 Å². The number of hydrogen-bond donors (Lipinski definition) is 2. The first kappa shape index (κ1) is 53.7. The second kappa shape index (κ2) is 23.5. The SMILES string of the molecule is COCO[C@@H]1[C@@H](OCOC)[C@@H](OC)O[C@H](CC[C@H](O)[C@H]2OC(C)(C)O[C@H]2[C@H](O[Si](C)(C)C(C)(C)C)[C@@H](CO[Si](C)(C)C(C)(C)C)NC(=O)OCc2ccccc2)[C@H]1OCOC. The molecule has 1 aromatic carbocycles. The van der Waals surface area contributed by atoms with E-state index in [0.717, 1.165) is 5.56 Å². The van der Waals surface area contributed by atoms with Gasteiger partial charge >= 0.3 is 6.09 Å². The summed E-state index contributed by atoms with van der Waals surface area (Å²) in [4.78, 5) is 13.8. The molecule has 10 atom stereocenters. The molecule has 2 aliphatic heterocycles. The quantitative estimate of drug-likeness (QED) is 0.0831. The van der Waals surface area contributed by atoms with Crippen LogP contribution in [0.15, 0.2) is 30.3 Å². The number of benzene rings is 1. The number of carbonyl (C=O) groups excluding carboxylic acids is 1. The van der Waals surface area contributed by atoms with Gasteiger partial charge in [0.05, 0.1) is 31.0 Å². The highest BCUT2D eigenvalue weighted by Crippen LogP contribution is 2.43. The smallest absolute Gasteiger partial charge is 0.407 e. The first-order valence-corrected chi connectivity index (χ1v) is 27.1. The van der Waals surface area contributed by atoms with Crippen molar-refractivity contribution >= 4 is 22.7 Å². The molecule has 18 heteroatoms. The summed E-state index contributed by atoms with van der Waals surface area (Å²) in [6, 6.07) is 8.72. The molecular weight excluding hydrogens is 827 g/mol. The van der Waals surface area contributed by atoms with Crippen molar-refractivity contribution in [3.63, 3.8) is 0 Å². The lowest BCUT2D eigenvalue weighted by atomic mass is 9.91. The highest BCUT2D eigenvalue weighted by atomic mass is 28.4. The molecule has 2 fully saturated rings. The van der Waals surface area contributed by atoms with Gasteiger partial charge in [-0.3, -0.25) is 0 Å². The maximum atomic E-state index is 13.8. The van der Waals surface area contributed by atoms with Gasteiger partial charge in [0.15, 0.2) is 28.7 Å². The number of aliphatic hydroxyl groups excluding tert-OH is 1. The third-order valence-corrected chi connectivity index (χ3v) is 21.1. The maximum absolute atomic E-state index is 13.8. The van der Waals surface area contributed by atoms with E-state index in [2.05, 4.69) is 73.0 Å². The van der Waals surface area contributed by atoms with Gasteiger partial charge in [0.25, 0.3) is 0 Å². The Morgan fingerprint density at radius 1 is 0.803 bits per heavy atom. The van der Waals surface area contributed by atoms with Crippen molar-refractivity contribution in [1.29, 1.82) is 0 Å². The number of amides is 1. The number of carbonyl (C=O) groups is 1. The zero-order chi connectivity index (χ0) is 45.8. The molecule has 2 N–H and O–H groups in total. The number of methoxy groups -OCH3 is 4. The van der Waals surface area contributed by atoms with E-state index in [1.54, 1.807) is 13.8 Å². The minimum absolute atomic E-state index is 0.0447. The first-order valence-electron chi connectivity index (χ1n) is 21.2. The Labute approximate surface area is 367 Å². The van der Waals surface area contributed by atoms with Gasteiger partial charge in [-0.15, -0.1) is 0 Å². The molecule has 61 heavy (non-hydrogen) atoms. The van der Waals surface area contributed by atoms with Crippen molar-refractivity contribution in [3.8, 4) is 0 Å². The number of nitrogens with one attached hydrogen (secondary N) is 1. The normalized spacial score (nSPS) is 26.5. The van der Waals surface area contributed by atoms with Gasteiger partial charge in [0.2, 0.25) is 0 Å². The zero-order valence-corrected chi connectivity index (χ0v) is 41.8. The van der Waals surface area contributed by atoms with Crippen LogP contribution in [0.5, 0.6) is 0 Å². The Bertz CT molecular complexity index is 1430. The first-order chi connectivity index (χ1) is 28.4. The second-order valence-electron chi connectivity index (χ2n) is 19.3. The number of alkyl carbamates (subject to hydrolysis) is 1. The molecule has 2 saturated heterocycles. The molecule has 2 heterocycles. The van der Waals surface area contributed by atoms with Gasteiger partial charge in [-0.1, -0.05) is 71.9 Å². The summed E-state index contributed by atoms with van der Waals surface area (Å²) in [7, 11) is 1.10. The average molecular weight is 906 g/mol. The summed E-state index contributed by atoms with van der Waals surface area (Å²) in [6.07, 6.45) is -7.56. The van der Waals surface area contributed by atoms with Crippen molar-refractivity contribution in [2.75, 3.05) is 55.4 Å². The maximum Gasteiger partial charge on any atom is 0.407 e. The number of rotatable bonds is 24. The lowest BCUT2D eigenvalue weighted by molar-refractivity contribution is -0.334. The van der Waals surface area contributed by atoms with Crippen LogP contribution in [0.25, 0.3) is 0 Å². The van der Waals surface area contributed by atoms with Crippen LogP contribution in [0.3, 0.4) is 0 Å². The van der Waals surface area contributed by atoms with Crippen molar-refractivity contribution < 1.29 is 70.9 Å². The molecule has 3 rings (SSSR count). The molecule has 0 radical (unpaired) electrons. The van der Waals surface area contributed by atoms with E-state index in [1.807, 2.05) is 30.3 Å². The van der Waals surface area contributed by atoms with Crippen molar-refractivity contribution in [3.05, 3.63) is 35.9 Å². The van der Waals surface area contributed by atoms with Crippen molar-refractivity contribution in [2.45, 2.75) is 178 Å². The van der Waals surface area contributed by atoms with E-state index < -0.39 is 89.7 Å². The average Bonchev–Trinajstić information content (AvgIpc) is 3.51. The topological polar surface area (TPSA) is 169 Å². The number of aliphatic hydroxyl groups is 1. The molecule has 16 nitrogen and oxygen atoms in total. The standard InChI is InChI=1S/C43H79NO15Si2/c1-41(2,3)60(13,14)55-25-30(44-40(46)51-24-29-20-18-17-19-21-29)33(59-61(15,16)42(4,5)6)37-34(57-43(7,8)58-37)31(45)22-23-32-35(52-26-47-9)36(53-27-48-10)38(54-28-49-11)39(50-12)56-32/h17-21,30-39,45H,22-28H2,1-16H3,(H,44,46)/t30-,31+,32-,33-,34-,35-,36+,37+,38-,39+/m1/s1. The monoisotopic (exact) mass is 905 g/mol. The van der Waals surface area contributed by atoms with Crippen LogP contribution in [-0.4, -0.2) is 150 Å². The molecule has 1 amide bonds. The second-order valence-corrected chi connectivity index (χ2v) is 28.9. The van der Waals surface area contributed by atoms with Gasteiger partial charge in [0, 0.05) is 28.4 Å². The van der Waals surface area contributed by atoms with E-state index >= 15 is 0 Å². The van der Waals surface area contributed by atoms with E-state index in [0.29, 0.717) is 0 Å². The van der Waals surface area contributed by atoms with Gasteiger partial charge in [-0.25, -0.2) is 4.79 Å². The summed E-state index contributed by atoms with van der Waals surface area (Å²) in [5, 5.41) is 15.0. The van der Waals surface area contributed by atoms with Crippen LogP contribution in [-0.2, 0) is 67.6 Å². The molecule has 0 unspecified atom stereocenters. The Morgan fingerprint density at radius 2 is 1.34 bits per heavy atom. The lowest BCUT2D eigenvalue weighted by Crippen LogP contribution is -2.62. The van der Waals surface area contributed by atoms with E-state index in [4.69, 9.17) is 61.0 Å². The minimum atomic E-state index is -2.62. The zero-order valence-electron chi connectivity index (χ0n) is 39.8. The Balaban J connectivity index is 2.03. The summed E-state index contributed by atoms with van der Waals surface area (Å²) < 4.78 is 79.4. The summed E-state index contributed by atoms with van der Waals surface area (Å²) in [6.45, 7) is 25.2. The Hall–Kier alpha value is -1.60. The highest BCUT2D eigenvalue weighted by Gasteiger charge is 2.55. The fourth-order valence-electron chi connectivity index (χ4n) is 6.72. The Kier molecular flexibility index (Phi) is 20.7. The van der Waals surface area contributed by atoms with Crippen LogP contribution in [0.4, 0.5) is 4.79 Å². The van der Waals surface area contributed by atoms with Crippen LogP contribution in [0, 0.1) is 0 Å². The third kappa shape index (κ3) is 15.5. The van der Waals surface area contributed by atoms with Crippen molar-refractivity contribution in [1.82, 2.24) is 5.32 Å². The van der Waals surface area contributed by atoms with Gasteiger partial charge in [0.1, 0.15) is 57.5 Å². The van der Waals surface area contributed by atoms with Crippen molar-refractivity contribution in [2.24, 2.45) is 0 Å². The van der Waals surface area contributed by atoms with Crippen LogP contribution in [0.1, 0.15) is 73.8 Å².